The first kappa shape index (κ1) is 22.5. The van der Waals surface area contributed by atoms with Crippen molar-refractivity contribution in [2.45, 2.75) is 20.5 Å². The number of hydrazone groups is 1. The Labute approximate surface area is 185 Å². The SMILES string of the molecule is COc1cc(/C=N/NC(=O)c2cccc([N+](=O)[O-])c2)ccc1OCc1cc(C)ccc1C. The van der Waals surface area contributed by atoms with E-state index in [9.17, 15) is 14.9 Å². The van der Waals surface area contributed by atoms with E-state index in [0.29, 0.717) is 23.7 Å². The van der Waals surface area contributed by atoms with Gasteiger partial charge in [0.2, 0.25) is 0 Å². The monoisotopic (exact) mass is 433 g/mol. The first-order chi connectivity index (χ1) is 15.4. The van der Waals surface area contributed by atoms with Crippen molar-refractivity contribution in [3.05, 3.63) is 98.6 Å². The lowest BCUT2D eigenvalue weighted by molar-refractivity contribution is -0.384. The second kappa shape index (κ2) is 10.2. The summed E-state index contributed by atoms with van der Waals surface area (Å²) in [7, 11) is 1.55. The maximum absolute atomic E-state index is 12.2. The first-order valence-corrected chi connectivity index (χ1v) is 9.82. The van der Waals surface area contributed by atoms with Crippen molar-refractivity contribution in [1.82, 2.24) is 5.43 Å². The Bertz CT molecular complexity index is 1170. The summed E-state index contributed by atoms with van der Waals surface area (Å²) in [5.74, 6) is 0.570. The molecule has 8 nitrogen and oxygen atoms in total. The second-order valence-corrected chi connectivity index (χ2v) is 7.14. The standard InChI is InChI=1S/C24H23N3O5/c1-16-7-8-17(2)20(11-16)15-32-22-10-9-18(12-23(22)31-3)14-25-26-24(28)19-5-4-6-21(13-19)27(29)30/h4-14H,15H2,1-3H3,(H,26,28)/b25-14+. The summed E-state index contributed by atoms with van der Waals surface area (Å²) in [5, 5.41) is 14.8. The Morgan fingerprint density at radius 1 is 1.09 bits per heavy atom. The molecule has 3 aromatic rings. The number of ether oxygens (including phenoxy) is 2. The van der Waals surface area contributed by atoms with Gasteiger partial charge in [-0.15, -0.1) is 0 Å². The molecule has 0 saturated heterocycles. The highest BCUT2D eigenvalue weighted by Gasteiger charge is 2.11. The van der Waals surface area contributed by atoms with Gasteiger partial charge in [-0.3, -0.25) is 14.9 Å². The molecule has 3 aromatic carbocycles. The molecule has 0 radical (unpaired) electrons. The highest BCUT2D eigenvalue weighted by atomic mass is 16.6. The van der Waals surface area contributed by atoms with Gasteiger partial charge in [-0.1, -0.05) is 29.8 Å². The second-order valence-electron chi connectivity index (χ2n) is 7.14. The van der Waals surface area contributed by atoms with E-state index < -0.39 is 10.8 Å². The van der Waals surface area contributed by atoms with E-state index in [1.807, 2.05) is 13.8 Å². The number of amides is 1. The number of carbonyl (C=O) groups excluding carboxylic acids is 1. The Balaban J connectivity index is 1.65. The van der Waals surface area contributed by atoms with E-state index in [-0.39, 0.29) is 11.3 Å². The van der Waals surface area contributed by atoms with Crippen LogP contribution < -0.4 is 14.9 Å². The largest absolute Gasteiger partial charge is 0.493 e. The van der Waals surface area contributed by atoms with Crippen LogP contribution in [-0.2, 0) is 6.61 Å². The van der Waals surface area contributed by atoms with Crippen molar-refractivity contribution >= 4 is 17.8 Å². The Morgan fingerprint density at radius 2 is 1.91 bits per heavy atom. The van der Waals surface area contributed by atoms with Crippen LogP contribution in [0.2, 0.25) is 0 Å². The third-order valence-corrected chi connectivity index (χ3v) is 4.77. The minimum Gasteiger partial charge on any atom is -0.493 e. The lowest BCUT2D eigenvalue weighted by Gasteiger charge is -2.13. The summed E-state index contributed by atoms with van der Waals surface area (Å²) in [6, 6.07) is 16.9. The van der Waals surface area contributed by atoms with Gasteiger partial charge in [0.15, 0.2) is 11.5 Å². The molecule has 0 unspecified atom stereocenters. The van der Waals surface area contributed by atoms with Crippen LogP contribution in [0.5, 0.6) is 11.5 Å². The molecule has 32 heavy (non-hydrogen) atoms. The average Bonchev–Trinajstić information content (AvgIpc) is 2.80. The third kappa shape index (κ3) is 5.69. The number of nitro benzene ring substituents is 1. The van der Waals surface area contributed by atoms with Gasteiger partial charge in [-0.05, 0) is 54.8 Å². The van der Waals surface area contributed by atoms with Gasteiger partial charge in [-0.2, -0.15) is 5.10 Å². The van der Waals surface area contributed by atoms with Gasteiger partial charge in [0.05, 0.1) is 18.2 Å². The maximum Gasteiger partial charge on any atom is 0.271 e. The zero-order chi connectivity index (χ0) is 23.1. The fraction of sp³-hybridized carbons (Fsp3) is 0.167. The zero-order valence-electron chi connectivity index (χ0n) is 18.0. The van der Waals surface area contributed by atoms with Crippen LogP contribution in [0.15, 0.2) is 65.8 Å². The minimum atomic E-state index is -0.559. The number of benzene rings is 3. The van der Waals surface area contributed by atoms with Crippen molar-refractivity contribution in [3.8, 4) is 11.5 Å². The molecule has 0 fully saturated rings. The number of hydrogen-bond acceptors (Lipinski definition) is 6. The van der Waals surface area contributed by atoms with Crippen LogP contribution >= 0.6 is 0 Å². The van der Waals surface area contributed by atoms with Crippen molar-refractivity contribution < 1.29 is 19.2 Å². The average molecular weight is 433 g/mol. The van der Waals surface area contributed by atoms with Crippen LogP contribution in [0.3, 0.4) is 0 Å². The van der Waals surface area contributed by atoms with Crippen molar-refractivity contribution in [1.29, 1.82) is 0 Å². The zero-order valence-corrected chi connectivity index (χ0v) is 18.0. The van der Waals surface area contributed by atoms with E-state index in [1.54, 1.807) is 25.3 Å². The third-order valence-electron chi connectivity index (χ3n) is 4.77. The van der Waals surface area contributed by atoms with E-state index >= 15 is 0 Å². The molecule has 8 heteroatoms. The van der Waals surface area contributed by atoms with Crippen LogP contribution in [0.4, 0.5) is 5.69 Å². The number of methoxy groups -OCH3 is 1. The van der Waals surface area contributed by atoms with Crippen molar-refractivity contribution in [2.24, 2.45) is 5.10 Å². The Hall–Kier alpha value is -4.20. The molecule has 1 amide bonds. The first-order valence-electron chi connectivity index (χ1n) is 9.82. The predicted octanol–water partition coefficient (Wildman–Crippen LogP) is 4.56. The molecule has 0 atom stereocenters. The number of carbonyl (C=O) groups is 1. The molecule has 164 valence electrons. The number of nitro groups is 1. The fourth-order valence-electron chi connectivity index (χ4n) is 2.99. The van der Waals surface area contributed by atoms with Gasteiger partial charge in [-0.25, -0.2) is 5.43 Å². The summed E-state index contributed by atoms with van der Waals surface area (Å²) in [4.78, 5) is 22.5. The van der Waals surface area contributed by atoms with Crippen LogP contribution in [-0.4, -0.2) is 24.2 Å². The molecule has 3 rings (SSSR count). The van der Waals surface area contributed by atoms with E-state index in [2.05, 4.69) is 28.7 Å². The number of hydrogen-bond donors (Lipinski definition) is 1. The number of non-ortho nitro benzene ring substituents is 1. The van der Waals surface area contributed by atoms with Gasteiger partial charge in [0.1, 0.15) is 6.61 Å². The minimum absolute atomic E-state index is 0.143. The highest BCUT2D eigenvalue weighted by Crippen LogP contribution is 2.28. The summed E-state index contributed by atoms with van der Waals surface area (Å²) >= 11 is 0. The highest BCUT2D eigenvalue weighted by molar-refractivity contribution is 5.95. The lowest BCUT2D eigenvalue weighted by Crippen LogP contribution is -2.17. The Kier molecular flexibility index (Phi) is 7.17. The van der Waals surface area contributed by atoms with Gasteiger partial charge < -0.3 is 9.47 Å². The van der Waals surface area contributed by atoms with Crippen molar-refractivity contribution in [3.63, 3.8) is 0 Å². The predicted molar refractivity (Wildman–Crippen MR) is 121 cm³/mol. The van der Waals surface area contributed by atoms with E-state index in [0.717, 1.165) is 11.1 Å². The van der Waals surface area contributed by atoms with Crippen molar-refractivity contribution in [2.75, 3.05) is 7.11 Å². The molecule has 0 saturated carbocycles. The number of nitrogens with zero attached hydrogens (tertiary/aromatic N) is 2. The molecule has 0 spiro atoms. The van der Waals surface area contributed by atoms with E-state index in [1.165, 1.54) is 36.0 Å². The smallest absolute Gasteiger partial charge is 0.271 e. The Morgan fingerprint density at radius 3 is 2.66 bits per heavy atom. The summed E-state index contributed by atoms with van der Waals surface area (Å²) in [6.07, 6.45) is 1.45. The number of aryl methyl sites for hydroxylation is 2. The van der Waals surface area contributed by atoms with Crippen LogP contribution in [0.1, 0.15) is 32.6 Å². The molecular weight excluding hydrogens is 410 g/mol. The fourth-order valence-corrected chi connectivity index (χ4v) is 2.99. The molecular formula is C24H23N3O5. The van der Waals surface area contributed by atoms with Gasteiger partial charge in [0.25, 0.3) is 11.6 Å². The maximum atomic E-state index is 12.2. The van der Waals surface area contributed by atoms with Crippen LogP contribution in [0, 0.1) is 24.0 Å². The summed E-state index contributed by atoms with van der Waals surface area (Å²) in [6.45, 7) is 4.49. The summed E-state index contributed by atoms with van der Waals surface area (Å²) < 4.78 is 11.4. The molecule has 0 aromatic heterocycles. The number of rotatable bonds is 8. The number of nitrogens with one attached hydrogen (secondary N) is 1. The summed E-state index contributed by atoms with van der Waals surface area (Å²) in [5.41, 5.74) is 6.44. The normalized spacial score (nSPS) is 10.7. The molecule has 0 aliphatic heterocycles. The quantitative estimate of drug-likeness (QED) is 0.319. The molecule has 0 bridgehead atoms. The molecule has 0 aliphatic rings. The van der Waals surface area contributed by atoms with Gasteiger partial charge >= 0.3 is 0 Å². The van der Waals surface area contributed by atoms with E-state index in [4.69, 9.17) is 9.47 Å². The molecule has 1 N–H and O–H groups in total. The molecule has 0 heterocycles. The van der Waals surface area contributed by atoms with Crippen LogP contribution in [0.25, 0.3) is 0 Å². The molecule has 0 aliphatic carbocycles. The lowest BCUT2D eigenvalue weighted by atomic mass is 10.1. The topological polar surface area (TPSA) is 103 Å². The van der Waals surface area contributed by atoms with Gasteiger partial charge in [0, 0.05) is 17.7 Å².